The van der Waals surface area contributed by atoms with Gasteiger partial charge in [0.1, 0.15) is 0 Å². The molecule has 1 unspecified atom stereocenters. The molecule has 5 heteroatoms. The van der Waals surface area contributed by atoms with Crippen molar-refractivity contribution in [3.8, 4) is 0 Å². The lowest BCUT2D eigenvalue weighted by molar-refractivity contribution is -0.119. The van der Waals surface area contributed by atoms with E-state index in [9.17, 15) is 9.59 Å². The molecule has 2 amide bonds. The normalized spacial score (nSPS) is 16.2. The number of rotatable bonds is 4. The Morgan fingerprint density at radius 1 is 1.00 bits per heavy atom. The Kier molecular flexibility index (Phi) is 5.14. The standard InChI is InChI=1S/C20H23N3O2/c1-13(2)19(24)22-16-8-5-9-17(11-16)23-20(25)18-10-14-6-3-4-7-15(14)12-21-18/h3-9,11,13,18,21H,10,12H2,1-2H3,(H,22,24)(H,23,25). The van der Waals surface area contributed by atoms with E-state index in [1.165, 1.54) is 11.1 Å². The third-order valence-corrected chi connectivity index (χ3v) is 4.32. The summed E-state index contributed by atoms with van der Waals surface area (Å²) in [7, 11) is 0. The molecule has 0 aliphatic carbocycles. The molecule has 5 nitrogen and oxygen atoms in total. The highest BCUT2D eigenvalue weighted by Gasteiger charge is 2.23. The largest absolute Gasteiger partial charge is 0.326 e. The number of nitrogens with one attached hydrogen (secondary N) is 3. The fraction of sp³-hybridized carbons (Fsp3) is 0.300. The minimum absolute atomic E-state index is 0.0472. The van der Waals surface area contributed by atoms with Crippen LogP contribution in [0.25, 0.3) is 0 Å². The van der Waals surface area contributed by atoms with Gasteiger partial charge in [-0.25, -0.2) is 0 Å². The second kappa shape index (κ2) is 7.49. The first kappa shape index (κ1) is 17.2. The molecule has 0 fully saturated rings. The average Bonchev–Trinajstić information content (AvgIpc) is 2.61. The molecule has 3 N–H and O–H groups in total. The van der Waals surface area contributed by atoms with Gasteiger partial charge >= 0.3 is 0 Å². The summed E-state index contributed by atoms with van der Waals surface area (Å²) in [6.07, 6.45) is 0.672. The zero-order chi connectivity index (χ0) is 17.8. The van der Waals surface area contributed by atoms with Crippen LogP contribution in [0.3, 0.4) is 0 Å². The highest BCUT2D eigenvalue weighted by atomic mass is 16.2. The van der Waals surface area contributed by atoms with Crippen molar-refractivity contribution in [1.82, 2.24) is 5.32 Å². The Labute approximate surface area is 147 Å². The Morgan fingerprint density at radius 3 is 2.40 bits per heavy atom. The van der Waals surface area contributed by atoms with Crippen LogP contribution in [0.5, 0.6) is 0 Å². The van der Waals surface area contributed by atoms with Gasteiger partial charge in [-0.3, -0.25) is 9.59 Å². The summed E-state index contributed by atoms with van der Waals surface area (Å²) in [5.41, 5.74) is 3.80. The summed E-state index contributed by atoms with van der Waals surface area (Å²) in [6.45, 7) is 4.37. The van der Waals surface area contributed by atoms with Gasteiger partial charge < -0.3 is 16.0 Å². The number of fused-ring (bicyclic) bond motifs is 1. The van der Waals surface area contributed by atoms with E-state index in [4.69, 9.17) is 0 Å². The molecule has 0 aromatic heterocycles. The van der Waals surface area contributed by atoms with Crippen LogP contribution in [-0.4, -0.2) is 17.9 Å². The predicted octanol–water partition coefficient (Wildman–Crippen LogP) is 2.93. The van der Waals surface area contributed by atoms with E-state index >= 15 is 0 Å². The van der Waals surface area contributed by atoms with Crippen LogP contribution in [0.1, 0.15) is 25.0 Å². The summed E-state index contributed by atoms with van der Waals surface area (Å²) in [4.78, 5) is 24.4. The second-order valence-electron chi connectivity index (χ2n) is 6.62. The van der Waals surface area contributed by atoms with Gasteiger partial charge in [-0.05, 0) is 35.7 Å². The number of anilines is 2. The van der Waals surface area contributed by atoms with Crippen molar-refractivity contribution in [1.29, 1.82) is 0 Å². The lowest BCUT2D eigenvalue weighted by atomic mass is 9.95. The van der Waals surface area contributed by atoms with Gasteiger partial charge in [0.2, 0.25) is 11.8 Å². The Balaban J connectivity index is 1.65. The number of hydrogen-bond acceptors (Lipinski definition) is 3. The van der Waals surface area contributed by atoms with E-state index in [2.05, 4.69) is 28.1 Å². The molecule has 0 radical (unpaired) electrons. The molecule has 2 aromatic rings. The van der Waals surface area contributed by atoms with E-state index in [0.29, 0.717) is 24.3 Å². The molecule has 1 aliphatic heterocycles. The molecular weight excluding hydrogens is 314 g/mol. The van der Waals surface area contributed by atoms with Crippen LogP contribution < -0.4 is 16.0 Å². The molecule has 1 heterocycles. The highest BCUT2D eigenvalue weighted by Crippen LogP contribution is 2.19. The van der Waals surface area contributed by atoms with Gasteiger partial charge in [-0.1, -0.05) is 44.2 Å². The van der Waals surface area contributed by atoms with Crippen LogP contribution in [0, 0.1) is 5.92 Å². The van der Waals surface area contributed by atoms with Gasteiger partial charge in [-0.2, -0.15) is 0 Å². The smallest absolute Gasteiger partial charge is 0.241 e. The summed E-state index contributed by atoms with van der Waals surface area (Å²) < 4.78 is 0. The number of amides is 2. The number of carbonyl (C=O) groups excluding carboxylic acids is 2. The highest BCUT2D eigenvalue weighted by molar-refractivity contribution is 5.97. The maximum absolute atomic E-state index is 12.6. The Bertz CT molecular complexity index is 786. The lowest BCUT2D eigenvalue weighted by Gasteiger charge is -2.25. The van der Waals surface area contributed by atoms with E-state index in [1.54, 1.807) is 6.07 Å². The van der Waals surface area contributed by atoms with Crippen LogP contribution in [0.2, 0.25) is 0 Å². The van der Waals surface area contributed by atoms with E-state index < -0.39 is 0 Å². The monoisotopic (exact) mass is 337 g/mol. The summed E-state index contributed by atoms with van der Waals surface area (Å²) in [6, 6.07) is 15.1. The van der Waals surface area contributed by atoms with Crippen LogP contribution in [0.15, 0.2) is 48.5 Å². The van der Waals surface area contributed by atoms with Crippen molar-refractivity contribution in [2.75, 3.05) is 10.6 Å². The maximum atomic E-state index is 12.6. The van der Waals surface area contributed by atoms with Crippen LogP contribution in [-0.2, 0) is 22.6 Å². The lowest BCUT2D eigenvalue weighted by Crippen LogP contribution is -2.44. The number of carbonyl (C=O) groups is 2. The summed E-state index contributed by atoms with van der Waals surface area (Å²) >= 11 is 0. The van der Waals surface area contributed by atoms with Crippen molar-refractivity contribution in [2.45, 2.75) is 32.9 Å². The first-order valence-corrected chi connectivity index (χ1v) is 8.55. The quantitative estimate of drug-likeness (QED) is 0.803. The van der Waals surface area contributed by atoms with Gasteiger partial charge in [0, 0.05) is 23.8 Å². The van der Waals surface area contributed by atoms with E-state index in [0.717, 1.165) is 0 Å². The van der Waals surface area contributed by atoms with Crippen molar-refractivity contribution in [3.63, 3.8) is 0 Å². The minimum atomic E-state index is -0.260. The van der Waals surface area contributed by atoms with Gasteiger partial charge in [-0.15, -0.1) is 0 Å². The molecule has 25 heavy (non-hydrogen) atoms. The van der Waals surface area contributed by atoms with E-state index in [1.807, 2.05) is 44.2 Å². The molecule has 0 saturated heterocycles. The first-order chi connectivity index (χ1) is 12.0. The topological polar surface area (TPSA) is 70.2 Å². The van der Waals surface area contributed by atoms with Crippen molar-refractivity contribution in [3.05, 3.63) is 59.7 Å². The zero-order valence-electron chi connectivity index (χ0n) is 14.5. The molecule has 0 bridgehead atoms. The minimum Gasteiger partial charge on any atom is -0.326 e. The van der Waals surface area contributed by atoms with Crippen molar-refractivity contribution >= 4 is 23.2 Å². The SMILES string of the molecule is CC(C)C(=O)Nc1cccc(NC(=O)C2Cc3ccccc3CN2)c1. The number of hydrogen-bond donors (Lipinski definition) is 3. The molecule has 0 saturated carbocycles. The fourth-order valence-electron chi connectivity index (χ4n) is 2.83. The van der Waals surface area contributed by atoms with Gasteiger partial charge in [0.25, 0.3) is 0 Å². The van der Waals surface area contributed by atoms with Gasteiger partial charge in [0.05, 0.1) is 6.04 Å². The Morgan fingerprint density at radius 2 is 1.68 bits per heavy atom. The molecule has 3 rings (SSSR count). The van der Waals surface area contributed by atoms with Crippen LogP contribution >= 0.6 is 0 Å². The molecule has 2 aromatic carbocycles. The van der Waals surface area contributed by atoms with Crippen molar-refractivity contribution < 1.29 is 9.59 Å². The molecule has 1 atom stereocenters. The van der Waals surface area contributed by atoms with E-state index in [-0.39, 0.29) is 23.8 Å². The van der Waals surface area contributed by atoms with Crippen LogP contribution in [0.4, 0.5) is 11.4 Å². The first-order valence-electron chi connectivity index (χ1n) is 8.55. The predicted molar refractivity (Wildman–Crippen MR) is 99.3 cm³/mol. The Hall–Kier alpha value is -2.66. The molecule has 1 aliphatic rings. The van der Waals surface area contributed by atoms with Crippen molar-refractivity contribution in [2.24, 2.45) is 5.92 Å². The third kappa shape index (κ3) is 4.25. The van der Waals surface area contributed by atoms with Gasteiger partial charge in [0.15, 0.2) is 0 Å². The third-order valence-electron chi connectivity index (χ3n) is 4.32. The summed E-state index contributed by atoms with van der Waals surface area (Å²) in [5.74, 6) is -0.208. The second-order valence-corrected chi connectivity index (χ2v) is 6.62. The zero-order valence-corrected chi connectivity index (χ0v) is 14.5. The molecule has 0 spiro atoms. The average molecular weight is 337 g/mol. The number of benzene rings is 2. The fourth-order valence-corrected chi connectivity index (χ4v) is 2.83. The summed E-state index contributed by atoms with van der Waals surface area (Å²) in [5, 5.41) is 9.05. The molecule has 130 valence electrons. The molecular formula is C20H23N3O2. The maximum Gasteiger partial charge on any atom is 0.241 e.